The first-order valence-corrected chi connectivity index (χ1v) is 3.29. The molecule has 0 saturated carbocycles. The van der Waals surface area contributed by atoms with E-state index in [1.165, 1.54) is 0 Å². The lowest BCUT2D eigenvalue weighted by Crippen LogP contribution is -2.26. The molecule has 0 N–H and O–H groups in total. The van der Waals surface area contributed by atoms with Crippen molar-refractivity contribution < 1.29 is 13.4 Å². The molecule has 1 nitrogen and oxygen atoms in total. The molecule has 0 aromatic carbocycles. The quantitative estimate of drug-likeness (QED) is 0.389. The summed E-state index contributed by atoms with van der Waals surface area (Å²) in [4.78, 5) is 0. The molecule has 0 radical (unpaired) electrons. The minimum atomic E-state index is -2.64. The van der Waals surface area contributed by atoms with E-state index in [0.717, 1.165) is 0 Å². The van der Waals surface area contributed by atoms with Crippen LogP contribution in [-0.2, 0) is 0 Å². The molecule has 0 fully saturated rings. The first-order valence-electron chi connectivity index (χ1n) is 2.50. The molecule has 5 heteroatoms. The number of halogens is 4. The molecule has 56 valence electrons. The molecule has 0 aromatic heterocycles. The van der Waals surface area contributed by atoms with Crippen molar-refractivity contribution in [2.45, 2.75) is 24.5 Å². The van der Waals surface area contributed by atoms with Gasteiger partial charge in [-0.1, -0.05) is 22.3 Å². The first-order chi connectivity index (χ1) is 4.00. The molecule has 1 atom stereocenters. The zero-order chi connectivity index (χ0) is 7.49. The molecule has 0 saturated heterocycles. The van der Waals surface area contributed by atoms with Crippen LogP contribution in [-0.4, -0.2) is 10.0 Å². The van der Waals surface area contributed by atoms with E-state index in [9.17, 15) is 13.4 Å². The lowest BCUT2D eigenvalue weighted by Gasteiger charge is -2.15. The molecule has 0 aliphatic carbocycles. The summed E-state index contributed by atoms with van der Waals surface area (Å²) in [6.45, 7) is 1.62. The average molecular weight is 206 g/mol. The minimum Gasteiger partial charge on any atom is -0.208 e. The molecule has 0 rings (SSSR count). The number of alkyl halides is 2. The van der Waals surface area contributed by atoms with Crippen molar-refractivity contribution in [3.63, 3.8) is 0 Å². The van der Waals surface area contributed by atoms with Crippen molar-refractivity contribution in [2.75, 3.05) is 0 Å². The maximum Gasteiger partial charge on any atom is 0.275 e. The smallest absolute Gasteiger partial charge is 0.208 e. The third-order valence-electron chi connectivity index (χ3n) is 0.798. The van der Waals surface area contributed by atoms with Crippen LogP contribution in [0, 0.1) is 0 Å². The summed E-state index contributed by atoms with van der Waals surface area (Å²) in [6, 6.07) is 0. The van der Waals surface area contributed by atoms with Crippen LogP contribution in [0.25, 0.3) is 0 Å². The van der Waals surface area contributed by atoms with Crippen LogP contribution >= 0.6 is 15.9 Å². The highest BCUT2D eigenvalue weighted by Gasteiger charge is 2.34. The molecular weight excluding hydrogens is 199 g/mol. The zero-order valence-corrected chi connectivity index (χ0v) is 6.46. The fourth-order valence-corrected chi connectivity index (χ4v) is 0.782. The topological polar surface area (TPSA) is 3.24 Å². The summed E-state index contributed by atoms with van der Waals surface area (Å²) in [7, 11) is 0. The van der Waals surface area contributed by atoms with Crippen molar-refractivity contribution in [2.24, 2.45) is 0 Å². The van der Waals surface area contributed by atoms with Gasteiger partial charge in [0.05, 0.1) is 5.34 Å². The second-order valence-corrected chi connectivity index (χ2v) is 2.86. The number of hydrogen-bond donors (Lipinski definition) is 0. The van der Waals surface area contributed by atoms with Crippen LogP contribution < -0.4 is 0 Å². The highest BCUT2D eigenvalue weighted by molar-refractivity contribution is 9.10. The van der Waals surface area contributed by atoms with Crippen LogP contribution in [0.15, 0.2) is 0 Å². The van der Waals surface area contributed by atoms with Gasteiger partial charge >= 0.3 is 0 Å². The maximum atomic E-state index is 12.3. The molecule has 9 heavy (non-hydrogen) atoms. The summed E-state index contributed by atoms with van der Waals surface area (Å²) in [5.41, 5.74) is 0. The molecular formula is C4H7BrF3N. The van der Waals surface area contributed by atoms with Gasteiger partial charge in [0.25, 0.3) is 4.70 Å². The van der Waals surface area contributed by atoms with E-state index in [2.05, 4.69) is 15.9 Å². The Bertz CT molecular complexity index is 85.9. The number of hydrogen-bond acceptors (Lipinski definition) is 1. The Morgan fingerprint density at radius 3 is 2.11 bits per heavy atom. The van der Waals surface area contributed by atoms with Gasteiger partial charge in [-0.25, -0.2) is 4.39 Å². The van der Waals surface area contributed by atoms with Gasteiger partial charge < -0.3 is 0 Å². The van der Waals surface area contributed by atoms with Crippen LogP contribution in [0.3, 0.4) is 0 Å². The lowest BCUT2D eigenvalue weighted by atomic mass is 10.3. The van der Waals surface area contributed by atoms with E-state index < -0.39 is 10.0 Å². The molecule has 0 amide bonds. The minimum absolute atomic E-state index is 0.222. The van der Waals surface area contributed by atoms with Gasteiger partial charge in [-0.05, 0) is 15.9 Å². The standard InChI is InChI=1S/C4H7BrF3N/c1-2-3-4(5,6)9(7)8/h2-3H2,1H3. The zero-order valence-electron chi connectivity index (χ0n) is 4.87. The van der Waals surface area contributed by atoms with E-state index in [1.54, 1.807) is 6.92 Å². The summed E-state index contributed by atoms with van der Waals surface area (Å²) in [5, 5.41) is -1.48. The van der Waals surface area contributed by atoms with Crippen molar-refractivity contribution in [3.05, 3.63) is 0 Å². The molecule has 0 aliphatic rings. The Balaban J connectivity index is 3.70. The van der Waals surface area contributed by atoms with Gasteiger partial charge in [0.15, 0.2) is 0 Å². The van der Waals surface area contributed by atoms with E-state index in [4.69, 9.17) is 0 Å². The van der Waals surface area contributed by atoms with Crippen LogP contribution in [0.1, 0.15) is 19.8 Å². The Labute approximate surface area is 59.8 Å². The molecule has 0 aromatic rings. The van der Waals surface area contributed by atoms with Crippen molar-refractivity contribution in [3.8, 4) is 0 Å². The predicted octanol–water partition coefficient (Wildman–Crippen LogP) is 2.88. The Kier molecular flexibility index (Phi) is 3.50. The largest absolute Gasteiger partial charge is 0.275 e. The first kappa shape index (κ1) is 9.23. The van der Waals surface area contributed by atoms with Crippen molar-refractivity contribution in [1.29, 1.82) is 0 Å². The normalized spacial score (nSPS) is 18.0. The van der Waals surface area contributed by atoms with Crippen LogP contribution in [0.5, 0.6) is 0 Å². The predicted molar refractivity (Wildman–Crippen MR) is 31.7 cm³/mol. The highest BCUT2D eigenvalue weighted by Crippen LogP contribution is 2.30. The van der Waals surface area contributed by atoms with Crippen LogP contribution in [0.4, 0.5) is 13.4 Å². The summed E-state index contributed by atoms with van der Waals surface area (Å²) in [5.74, 6) is 0. The second kappa shape index (κ2) is 3.41. The van der Waals surface area contributed by atoms with E-state index in [-0.39, 0.29) is 6.42 Å². The fraction of sp³-hybridized carbons (Fsp3) is 1.00. The van der Waals surface area contributed by atoms with Gasteiger partial charge in [-0.2, -0.15) is 0 Å². The lowest BCUT2D eigenvalue weighted by molar-refractivity contribution is -0.238. The third-order valence-corrected chi connectivity index (χ3v) is 1.46. The highest BCUT2D eigenvalue weighted by atomic mass is 79.9. The fourth-order valence-electron chi connectivity index (χ4n) is 0.385. The van der Waals surface area contributed by atoms with Gasteiger partial charge in [0.1, 0.15) is 0 Å². The maximum absolute atomic E-state index is 12.3. The molecule has 0 spiro atoms. The van der Waals surface area contributed by atoms with Gasteiger partial charge in [0, 0.05) is 6.42 Å². The second-order valence-electron chi connectivity index (χ2n) is 1.65. The molecule has 0 heterocycles. The monoisotopic (exact) mass is 205 g/mol. The molecule has 1 unspecified atom stereocenters. The van der Waals surface area contributed by atoms with E-state index in [0.29, 0.717) is 6.42 Å². The summed E-state index contributed by atoms with van der Waals surface area (Å²) >= 11 is 2.22. The third kappa shape index (κ3) is 3.05. The summed E-state index contributed by atoms with van der Waals surface area (Å²) < 4.78 is 32.5. The SMILES string of the molecule is CCCC(F)(Br)N(F)F. The van der Waals surface area contributed by atoms with Gasteiger partial charge in [0.2, 0.25) is 0 Å². The molecule has 0 aliphatic heterocycles. The van der Waals surface area contributed by atoms with Gasteiger partial charge in [-0.3, -0.25) is 0 Å². The Morgan fingerprint density at radius 2 is 2.00 bits per heavy atom. The number of rotatable bonds is 3. The average Bonchev–Trinajstić information content (AvgIpc) is 1.65. The van der Waals surface area contributed by atoms with E-state index in [1.807, 2.05) is 0 Å². The van der Waals surface area contributed by atoms with Crippen molar-refractivity contribution in [1.82, 2.24) is 5.34 Å². The van der Waals surface area contributed by atoms with E-state index >= 15 is 0 Å². The Hall–Kier alpha value is 0.230. The molecule has 0 bridgehead atoms. The van der Waals surface area contributed by atoms with Crippen LogP contribution in [0.2, 0.25) is 0 Å². The number of nitrogens with zero attached hydrogens (tertiary/aromatic N) is 1. The van der Waals surface area contributed by atoms with Crippen molar-refractivity contribution >= 4 is 15.9 Å². The Morgan fingerprint density at radius 1 is 1.56 bits per heavy atom. The summed E-state index contributed by atoms with van der Waals surface area (Å²) in [6.07, 6.45) is 0.145. The van der Waals surface area contributed by atoms with Gasteiger partial charge in [-0.15, -0.1) is 0 Å².